The highest BCUT2D eigenvalue weighted by atomic mass is 16.5. The van der Waals surface area contributed by atoms with Crippen molar-refractivity contribution in [3.05, 3.63) is 76.7 Å². The van der Waals surface area contributed by atoms with Gasteiger partial charge in [0, 0.05) is 37.2 Å². The number of nitrogens with zero attached hydrogens (tertiary/aromatic N) is 3. The molecule has 2 N–H and O–H groups in total. The predicted molar refractivity (Wildman–Crippen MR) is 158 cm³/mol. The third kappa shape index (κ3) is 5.57. The fourth-order valence-electron chi connectivity index (χ4n) is 6.23. The SMILES string of the molecule is Cc1oncc1-c1ccc(CNC(=O)[C@@H]2C[C@@H](O)CN2C(=O)[C@H](C(C)C)N2Cc3ccccc3C2=O)c(C(C)(C)C)c1. The Hall–Kier alpha value is -3.98. The molecule has 0 aliphatic carbocycles. The molecule has 2 aromatic carbocycles. The van der Waals surface area contributed by atoms with Gasteiger partial charge in [-0.2, -0.15) is 0 Å². The monoisotopic (exact) mass is 572 g/mol. The molecule has 3 heterocycles. The highest BCUT2D eigenvalue weighted by Gasteiger charge is 2.45. The zero-order valence-electron chi connectivity index (χ0n) is 25.2. The van der Waals surface area contributed by atoms with E-state index in [2.05, 4.69) is 37.3 Å². The lowest BCUT2D eigenvalue weighted by Gasteiger charge is -2.35. The molecule has 42 heavy (non-hydrogen) atoms. The molecule has 1 aromatic heterocycles. The maximum Gasteiger partial charge on any atom is 0.255 e. The van der Waals surface area contributed by atoms with Crippen molar-refractivity contribution < 1.29 is 24.0 Å². The number of aryl methyl sites for hydroxylation is 1. The van der Waals surface area contributed by atoms with Gasteiger partial charge in [-0.1, -0.05) is 76.2 Å². The number of aromatic nitrogens is 1. The summed E-state index contributed by atoms with van der Waals surface area (Å²) in [6.07, 6.45) is 1.03. The van der Waals surface area contributed by atoms with Gasteiger partial charge < -0.3 is 24.7 Å². The van der Waals surface area contributed by atoms with E-state index in [4.69, 9.17) is 4.52 Å². The fraction of sp³-hybridized carbons (Fsp3) is 0.455. The molecule has 3 aromatic rings. The van der Waals surface area contributed by atoms with Gasteiger partial charge in [0.05, 0.1) is 12.3 Å². The number of carbonyl (C=O) groups excluding carboxylic acids is 3. The smallest absolute Gasteiger partial charge is 0.255 e. The Balaban J connectivity index is 1.34. The Labute approximate surface area is 246 Å². The van der Waals surface area contributed by atoms with Gasteiger partial charge in [-0.05, 0) is 46.6 Å². The van der Waals surface area contributed by atoms with Crippen LogP contribution < -0.4 is 5.32 Å². The van der Waals surface area contributed by atoms with E-state index in [1.807, 2.05) is 51.1 Å². The number of amides is 3. The lowest BCUT2D eigenvalue weighted by atomic mass is 9.82. The summed E-state index contributed by atoms with van der Waals surface area (Å²) in [6, 6.07) is 11.9. The van der Waals surface area contributed by atoms with Gasteiger partial charge in [0.2, 0.25) is 11.8 Å². The first kappa shape index (κ1) is 29.5. The zero-order chi connectivity index (χ0) is 30.3. The number of carbonyl (C=O) groups is 3. The second-order valence-corrected chi connectivity index (χ2v) is 12.8. The van der Waals surface area contributed by atoms with Gasteiger partial charge >= 0.3 is 0 Å². The van der Waals surface area contributed by atoms with Crippen LogP contribution in [0.5, 0.6) is 0 Å². The van der Waals surface area contributed by atoms with Crippen LogP contribution in [-0.4, -0.2) is 62.5 Å². The molecule has 222 valence electrons. The molecule has 0 unspecified atom stereocenters. The van der Waals surface area contributed by atoms with Crippen LogP contribution in [0.4, 0.5) is 0 Å². The summed E-state index contributed by atoms with van der Waals surface area (Å²) in [5.41, 5.74) is 5.24. The van der Waals surface area contributed by atoms with Gasteiger partial charge in [-0.25, -0.2) is 0 Å². The van der Waals surface area contributed by atoms with Crippen molar-refractivity contribution in [1.29, 1.82) is 0 Å². The Morgan fingerprint density at radius 2 is 1.88 bits per heavy atom. The van der Waals surface area contributed by atoms with Gasteiger partial charge in [-0.3, -0.25) is 14.4 Å². The van der Waals surface area contributed by atoms with Crippen LogP contribution in [0.3, 0.4) is 0 Å². The normalized spacial score (nSPS) is 19.4. The molecule has 2 aliphatic heterocycles. The summed E-state index contributed by atoms with van der Waals surface area (Å²) in [5, 5.41) is 17.5. The summed E-state index contributed by atoms with van der Waals surface area (Å²) in [6.45, 7) is 12.7. The number of fused-ring (bicyclic) bond motifs is 1. The fourth-order valence-corrected chi connectivity index (χ4v) is 6.23. The summed E-state index contributed by atoms with van der Waals surface area (Å²) in [4.78, 5) is 43.9. The average molecular weight is 573 g/mol. The van der Waals surface area contributed by atoms with E-state index in [1.165, 1.54) is 4.90 Å². The lowest BCUT2D eigenvalue weighted by molar-refractivity contribution is -0.143. The van der Waals surface area contributed by atoms with Crippen LogP contribution in [0.25, 0.3) is 11.1 Å². The van der Waals surface area contributed by atoms with E-state index in [0.717, 1.165) is 33.6 Å². The molecular weight excluding hydrogens is 532 g/mol. The number of aliphatic hydroxyl groups is 1. The van der Waals surface area contributed by atoms with E-state index in [-0.39, 0.29) is 48.6 Å². The van der Waals surface area contributed by atoms with Crippen LogP contribution in [0.2, 0.25) is 0 Å². The van der Waals surface area contributed by atoms with E-state index in [9.17, 15) is 19.5 Å². The number of hydrogen-bond donors (Lipinski definition) is 2. The predicted octanol–water partition coefficient (Wildman–Crippen LogP) is 4.21. The maximum absolute atomic E-state index is 14.0. The molecule has 5 rings (SSSR count). The summed E-state index contributed by atoms with van der Waals surface area (Å²) in [7, 11) is 0. The van der Waals surface area contributed by atoms with Crippen molar-refractivity contribution in [2.75, 3.05) is 6.54 Å². The lowest BCUT2D eigenvalue weighted by Crippen LogP contribution is -2.55. The largest absolute Gasteiger partial charge is 0.391 e. The van der Waals surface area contributed by atoms with Crippen LogP contribution in [0.1, 0.15) is 73.8 Å². The highest BCUT2D eigenvalue weighted by Crippen LogP contribution is 2.33. The number of rotatable bonds is 7. The van der Waals surface area contributed by atoms with Crippen LogP contribution in [0.15, 0.2) is 53.2 Å². The summed E-state index contributed by atoms with van der Waals surface area (Å²) >= 11 is 0. The Bertz CT molecular complexity index is 1500. The minimum atomic E-state index is -0.828. The molecular formula is C33H40N4O5. The topological polar surface area (TPSA) is 116 Å². The Morgan fingerprint density at radius 3 is 2.52 bits per heavy atom. The van der Waals surface area contributed by atoms with E-state index in [0.29, 0.717) is 12.1 Å². The second kappa shape index (κ2) is 11.4. The molecule has 0 radical (unpaired) electrons. The van der Waals surface area contributed by atoms with Crippen molar-refractivity contribution in [1.82, 2.24) is 20.3 Å². The molecule has 3 amide bonds. The van der Waals surface area contributed by atoms with Crippen molar-refractivity contribution in [2.24, 2.45) is 5.92 Å². The molecule has 2 aliphatic rings. The van der Waals surface area contributed by atoms with Crippen molar-refractivity contribution in [3.8, 4) is 11.1 Å². The summed E-state index contributed by atoms with van der Waals surface area (Å²) < 4.78 is 5.25. The number of nitrogens with one attached hydrogen (secondary N) is 1. The van der Waals surface area contributed by atoms with Crippen molar-refractivity contribution >= 4 is 17.7 Å². The van der Waals surface area contributed by atoms with E-state index >= 15 is 0 Å². The van der Waals surface area contributed by atoms with Crippen LogP contribution >= 0.6 is 0 Å². The summed E-state index contributed by atoms with van der Waals surface area (Å²) in [5.74, 6) is -0.263. The van der Waals surface area contributed by atoms with Gasteiger partial charge in [-0.15, -0.1) is 0 Å². The van der Waals surface area contributed by atoms with Crippen LogP contribution in [-0.2, 0) is 28.1 Å². The van der Waals surface area contributed by atoms with Gasteiger partial charge in [0.15, 0.2) is 0 Å². The first-order valence-corrected chi connectivity index (χ1v) is 14.6. The minimum absolute atomic E-state index is 0.0507. The molecule has 0 saturated carbocycles. The number of β-amino-alcohol motifs (C(OH)–C–C–N with tert-alkyl or cyclic N) is 1. The first-order valence-electron chi connectivity index (χ1n) is 14.6. The average Bonchev–Trinajstić information content (AvgIpc) is 3.64. The molecule has 9 nitrogen and oxygen atoms in total. The quantitative estimate of drug-likeness (QED) is 0.438. The second-order valence-electron chi connectivity index (χ2n) is 12.8. The zero-order valence-corrected chi connectivity index (χ0v) is 25.2. The van der Waals surface area contributed by atoms with Crippen molar-refractivity contribution in [3.63, 3.8) is 0 Å². The van der Waals surface area contributed by atoms with E-state index < -0.39 is 18.2 Å². The molecule has 1 saturated heterocycles. The molecule has 0 bridgehead atoms. The minimum Gasteiger partial charge on any atom is -0.391 e. The molecule has 0 spiro atoms. The van der Waals surface area contributed by atoms with E-state index in [1.54, 1.807) is 17.2 Å². The highest BCUT2D eigenvalue weighted by molar-refractivity contribution is 6.01. The van der Waals surface area contributed by atoms with Gasteiger partial charge in [0.25, 0.3) is 5.91 Å². The Kier molecular flexibility index (Phi) is 7.98. The van der Waals surface area contributed by atoms with Crippen LogP contribution in [0, 0.1) is 12.8 Å². The molecule has 9 heteroatoms. The number of likely N-dealkylation sites (tertiary alicyclic amines) is 1. The number of benzene rings is 2. The Morgan fingerprint density at radius 1 is 1.14 bits per heavy atom. The van der Waals surface area contributed by atoms with Crippen molar-refractivity contribution in [2.45, 2.75) is 84.7 Å². The molecule has 1 fully saturated rings. The number of aliphatic hydroxyl groups excluding tert-OH is 1. The maximum atomic E-state index is 14.0. The third-order valence-electron chi connectivity index (χ3n) is 8.37. The third-order valence-corrected chi connectivity index (χ3v) is 8.37. The standard InChI is InChI=1S/C33H40N4O5/c1-19(2)29(37-17-23-9-7-8-10-25(23)31(37)40)32(41)36-18-24(38)14-28(36)30(39)34-15-22-12-11-21(13-27(22)33(4,5)6)26-16-35-42-20(26)3/h7-13,16,19,24,28-29,38H,14-15,17-18H2,1-6H3,(H,34,39)/t24-,28+,29+/m1/s1. The first-order chi connectivity index (χ1) is 19.9. The number of hydrogen-bond acceptors (Lipinski definition) is 6. The van der Waals surface area contributed by atoms with Gasteiger partial charge in [0.1, 0.15) is 17.8 Å². The molecule has 3 atom stereocenters.